The summed E-state index contributed by atoms with van der Waals surface area (Å²) in [4.78, 5) is 0. The van der Waals surface area contributed by atoms with Crippen LogP contribution in [0.25, 0.3) is 0 Å². The Morgan fingerprint density at radius 1 is 0.286 bits per heavy atom. The van der Waals surface area contributed by atoms with E-state index in [1.165, 1.54) is 69.4 Å². The van der Waals surface area contributed by atoms with Crippen molar-refractivity contribution in [3.63, 3.8) is 0 Å². The molecule has 0 saturated heterocycles. The predicted octanol–water partition coefficient (Wildman–Crippen LogP) is 16.3. The minimum absolute atomic E-state index is 0. The first kappa shape index (κ1) is 67.2. The van der Waals surface area contributed by atoms with E-state index in [0.29, 0.717) is 0 Å². The van der Waals surface area contributed by atoms with Crippen molar-refractivity contribution in [1.82, 2.24) is 0 Å². The lowest BCUT2D eigenvalue weighted by molar-refractivity contribution is 0.411. The van der Waals surface area contributed by atoms with Crippen molar-refractivity contribution >= 4 is 0 Å². The number of allylic oxidation sites excluding steroid dienone is 8. The van der Waals surface area contributed by atoms with E-state index < -0.39 is 24.3 Å². The van der Waals surface area contributed by atoms with Crippen LogP contribution in [0.3, 0.4) is 0 Å². The zero-order valence-corrected chi connectivity index (χ0v) is 27.9. The molecule has 0 bridgehead atoms. The van der Waals surface area contributed by atoms with Crippen LogP contribution in [0, 0.1) is 0 Å². The molecular weight excluding hydrogens is 560 g/mol. The minimum Gasteiger partial charge on any atom is -0.174 e. The Labute approximate surface area is 256 Å². The van der Waals surface area contributed by atoms with Gasteiger partial charge in [-0.1, -0.05) is 42.7 Å². The van der Waals surface area contributed by atoms with E-state index in [9.17, 15) is 35.1 Å². The molecule has 0 unspecified atom stereocenters. The van der Waals surface area contributed by atoms with Gasteiger partial charge in [-0.25, -0.2) is 0 Å². The molecule has 0 heterocycles. The van der Waals surface area contributed by atoms with E-state index in [2.05, 4.69) is 54.0 Å². The molecule has 0 atom stereocenters. The van der Waals surface area contributed by atoms with Gasteiger partial charge in [0.25, 0.3) is 24.3 Å². The highest BCUT2D eigenvalue weighted by Gasteiger charge is 1.88. The SMILES string of the molecule is C.C.C=C(C)C.C=C(C)C.C=C(C)C.C=C(F)F.CC(C)=C(C)C.CC(C)=C(F)F.CC(C)=C(F)F.CC(C)=C(F)F. The number of rotatable bonds is 0. The van der Waals surface area contributed by atoms with Crippen LogP contribution in [0.15, 0.2) is 95.2 Å². The summed E-state index contributed by atoms with van der Waals surface area (Å²) in [5, 5.41) is 0. The molecule has 0 aliphatic rings. The number of hydrogen-bond donors (Lipinski definition) is 0. The quantitative estimate of drug-likeness (QED) is 0.186. The molecule has 0 spiro atoms. The average Bonchev–Trinajstić information content (AvgIpc) is 2.67. The van der Waals surface area contributed by atoms with E-state index in [4.69, 9.17) is 0 Å². The fourth-order valence-corrected chi connectivity index (χ4v) is 0. The van der Waals surface area contributed by atoms with Gasteiger partial charge in [0.15, 0.2) is 0 Å². The predicted molar refractivity (Wildman–Crippen MR) is 178 cm³/mol. The Kier molecular flexibility index (Phi) is 77.0. The fourth-order valence-electron chi connectivity index (χ4n) is 0. The number of halogens is 8. The molecule has 42 heavy (non-hydrogen) atoms. The van der Waals surface area contributed by atoms with Crippen molar-refractivity contribution in [2.24, 2.45) is 0 Å². The Hall–Kier alpha value is -2.64. The van der Waals surface area contributed by atoms with Crippen molar-refractivity contribution in [3.05, 3.63) is 95.2 Å². The van der Waals surface area contributed by atoms with Gasteiger partial charge in [-0.15, -0.1) is 19.7 Å². The molecule has 0 saturated carbocycles. The van der Waals surface area contributed by atoms with Crippen molar-refractivity contribution in [1.29, 1.82) is 0 Å². The van der Waals surface area contributed by atoms with E-state index in [-0.39, 0.29) is 31.6 Å². The summed E-state index contributed by atoms with van der Waals surface area (Å²) < 4.78 is 86.5. The molecule has 0 aromatic rings. The summed E-state index contributed by atoms with van der Waals surface area (Å²) in [6.45, 7) is 41.4. The van der Waals surface area contributed by atoms with Gasteiger partial charge in [0.1, 0.15) is 0 Å². The third kappa shape index (κ3) is 277. The summed E-state index contributed by atoms with van der Waals surface area (Å²) in [5.41, 5.74) is 6.63. The summed E-state index contributed by atoms with van der Waals surface area (Å²) in [6, 6.07) is 0. The van der Waals surface area contributed by atoms with Crippen molar-refractivity contribution in [3.8, 4) is 0 Å². The normalized spacial score (nSPS) is 7.05. The summed E-state index contributed by atoms with van der Waals surface area (Å²) in [6.07, 6.45) is -6.56. The van der Waals surface area contributed by atoms with Gasteiger partial charge in [0.05, 0.1) is 0 Å². The number of hydrogen-bond acceptors (Lipinski definition) is 0. The topological polar surface area (TPSA) is 0 Å². The molecular formula is C34H64F8. The minimum atomic E-state index is -1.83. The lowest BCUT2D eigenvalue weighted by Gasteiger charge is -1.88. The largest absolute Gasteiger partial charge is 0.268 e. The zero-order valence-electron chi connectivity index (χ0n) is 27.9. The van der Waals surface area contributed by atoms with Crippen LogP contribution >= 0.6 is 0 Å². The van der Waals surface area contributed by atoms with Crippen LogP contribution in [0.5, 0.6) is 0 Å². The summed E-state index contributed by atoms with van der Waals surface area (Å²) >= 11 is 0. The van der Waals surface area contributed by atoms with Crippen LogP contribution in [0.1, 0.15) is 126 Å². The maximum absolute atomic E-state index is 11.0. The van der Waals surface area contributed by atoms with Crippen molar-refractivity contribution in [2.75, 3.05) is 0 Å². The molecule has 0 aromatic heterocycles. The smallest absolute Gasteiger partial charge is 0.174 e. The first-order valence-corrected chi connectivity index (χ1v) is 11.9. The van der Waals surface area contributed by atoms with Crippen molar-refractivity contribution < 1.29 is 35.1 Å². The molecule has 256 valence electrons. The van der Waals surface area contributed by atoms with Crippen LogP contribution in [-0.4, -0.2) is 0 Å². The Bertz CT molecular complexity index is 585. The van der Waals surface area contributed by atoms with Gasteiger partial charge >= 0.3 is 0 Å². The second kappa shape index (κ2) is 48.1. The Morgan fingerprint density at radius 3 is 0.333 bits per heavy atom. The highest BCUT2D eigenvalue weighted by Crippen LogP contribution is 2.04. The monoisotopic (exact) mass is 624 g/mol. The second-order valence-corrected chi connectivity index (χ2v) is 9.74. The molecule has 0 aliphatic heterocycles. The van der Waals surface area contributed by atoms with E-state index in [1.807, 2.05) is 41.5 Å². The molecule has 0 aliphatic carbocycles. The van der Waals surface area contributed by atoms with Gasteiger partial charge in [0.2, 0.25) is 0 Å². The first-order valence-electron chi connectivity index (χ1n) is 11.9. The standard InChI is InChI=1S/C6H12.3C4H6F2.3C4H8.C2H2F2.2CH4/c1-5(2)6(3)4;3*1-3(2)4(5)6;3*1-4(2)3;1-2(3)4;;/h1-4H3;3*1-2H3;3*1H2,2-3H3;1H2;2*1H4. The van der Waals surface area contributed by atoms with Gasteiger partial charge < -0.3 is 0 Å². The first-order chi connectivity index (χ1) is 17.5. The zero-order chi connectivity index (χ0) is 34.9. The van der Waals surface area contributed by atoms with Crippen LogP contribution < -0.4 is 0 Å². The van der Waals surface area contributed by atoms with Gasteiger partial charge in [-0.2, -0.15) is 35.1 Å². The summed E-state index contributed by atoms with van der Waals surface area (Å²) in [7, 11) is 0. The summed E-state index contributed by atoms with van der Waals surface area (Å²) in [5.74, 6) is 0. The Morgan fingerprint density at radius 2 is 0.333 bits per heavy atom. The van der Waals surface area contributed by atoms with Crippen molar-refractivity contribution in [2.45, 2.75) is 126 Å². The molecule has 0 rings (SSSR count). The van der Waals surface area contributed by atoms with Gasteiger partial charge in [0, 0.05) is 0 Å². The van der Waals surface area contributed by atoms with Crippen LogP contribution in [0.4, 0.5) is 35.1 Å². The lowest BCUT2D eigenvalue weighted by atomic mass is 10.2. The van der Waals surface area contributed by atoms with E-state index in [0.717, 1.165) is 0 Å². The second-order valence-electron chi connectivity index (χ2n) is 9.74. The van der Waals surface area contributed by atoms with Gasteiger partial charge in [-0.3, -0.25) is 0 Å². The molecule has 0 N–H and O–H groups in total. The van der Waals surface area contributed by atoms with Crippen LogP contribution in [0.2, 0.25) is 0 Å². The van der Waals surface area contributed by atoms with Gasteiger partial charge in [-0.05, 0) is 134 Å². The molecule has 0 radical (unpaired) electrons. The van der Waals surface area contributed by atoms with E-state index >= 15 is 0 Å². The molecule has 0 amide bonds. The maximum atomic E-state index is 11.0. The fraction of sp³-hybridized carbons (Fsp3) is 0.529. The molecule has 0 nitrogen and oxygen atoms in total. The molecule has 8 heteroatoms. The molecule has 0 fully saturated rings. The van der Waals surface area contributed by atoms with Crippen LogP contribution in [-0.2, 0) is 0 Å². The highest BCUT2D eigenvalue weighted by atomic mass is 19.3. The third-order valence-electron chi connectivity index (χ3n) is 2.13. The maximum Gasteiger partial charge on any atom is 0.268 e. The third-order valence-corrected chi connectivity index (χ3v) is 2.13. The Balaban J connectivity index is -0.0000000349. The highest BCUT2D eigenvalue weighted by molar-refractivity contribution is 5.02. The molecule has 0 aromatic carbocycles. The lowest BCUT2D eigenvalue weighted by Crippen LogP contribution is -1.66. The average molecular weight is 625 g/mol. The van der Waals surface area contributed by atoms with E-state index in [1.54, 1.807) is 0 Å².